The number of fused-ring (bicyclic) bond motifs is 5. The number of esters is 1. The molecule has 0 N–H and O–H groups in total. The molecule has 4 rings (SSSR count). The van der Waals surface area contributed by atoms with Crippen molar-refractivity contribution in [2.24, 2.45) is 28.8 Å². The van der Waals surface area contributed by atoms with Gasteiger partial charge in [0.1, 0.15) is 5.75 Å². The second kappa shape index (κ2) is 6.98. The molecule has 27 heavy (non-hydrogen) atoms. The first-order valence-corrected chi connectivity index (χ1v) is 9.07. The zero-order valence-electron chi connectivity index (χ0n) is 14.9. The summed E-state index contributed by atoms with van der Waals surface area (Å²) < 4.78 is 10.1. The average Bonchev–Trinajstić information content (AvgIpc) is 3.34. The fraction of sp³-hybridized carbons (Fsp3) is 0.400. The first-order chi connectivity index (χ1) is 13.1. The Kier molecular flexibility index (Phi) is 4.51. The lowest BCUT2D eigenvalue weighted by Crippen LogP contribution is -2.28. The van der Waals surface area contributed by atoms with E-state index in [0.717, 1.165) is 17.0 Å². The average molecular weight is 368 g/mol. The standard InChI is InChI=1S/C20H20N2O5/c1-2-26-16(23)11-27-15-7-3-12(4-8-15)10-21-22-19(24)17-13-5-6-14(9-13)18(17)20(22)25/h3-8,10,13-14,17-18H,2,9,11H2,1H3/b21-10-/t13-,14-,17+,18+/m1/s1. The number of rotatable bonds is 6. The lowest BCUT2D eigenvalue weighted by Gasteiger charge is -2.13. The lowest BCUT2D eigenvalue weighted by molar-refractivity contribution is -0.145. The minimum Gasteiger partial charge on any atom is -0.482 e. The predicted octanol–water partition coefficient (Wildman–Crippen LogP) is 1.77. The van der Waals surface area contributed by atoms with Gasteiger partial charge in [0.25, 0.3) is 11.8 Å². The number of hydrogen-bond acceptors (Lipinski definition) is 6. The summed E-state index contributed by atoms with van der Waals surface area (Å²) in [6.45, 7) is 1.89. The van der Waals surface area contributed by atoms with E-state index in [-0.39, 0.29) is 42.1 Å². The van der Waals surface area contributed by atoms with Crippen LogP contribution in [0, 0.1) is 23.7 Å². The van der Waals surface area contributed by atoms with Crippen molar-refractivity contribution in [2.45, 2.75) is 13.3 Å². The number of imide groups is 1. The Labute approximate surface area is 156 Å². The maximum atomic E-state index is 12.6. The van der Waals surface area contributed by atoms with Crippen LogP contribution in [0.15, 0.2) is 41.5 Å². The molecule has 0 spiro atoms. The van der Waals surface area contributed by atoms with Crippen molar-refractivity contribution in [3.05, 3.63) is 42.0 Å². The van der Waals surface area contributed by atoms with E-state index in [2.05, 4.69) is 17.3 Å². The van der Waals surface area contributed by atoms with E-state index in [1.54, 1.807) is 31.2 Å². The van der Waals surface area contributed by atoms with Gasteiger partial charge in [0.15, 0.2) is 6.61 Å². The van der Waals surface area contributed by atoms with Gasteiger partial charge < -0.3 is 9.47 Å². The molecule has 0 unspecified atom stereocenters. The molecule has 0 radical (unpaired) electrons. The minimum atomic E-state index is -0.428. The number of amides is 2. The van der Waals surface area contributed by atoms with Gasteiger partial charge in [-0.3, -0.25) is 9.59 Å². The van der Waals surface area contributed by atoms with Gasteiger partial charge in [-0.05, 0) is 55.0 Å². The summed E-state index contributed by atoms with van der Waals surface area (Å²) in [5.74, 6) is -0.458. The highest BCUT2D eigenvalue weighted by Gasteiger charge is 2.59. The fourth-order valence-electron chi connectivity index (χ4n) is 4.12. The third-order valence-electron chi connectivity index (χ3n) is 5.31. The zero-order valence-corrected chi connectivity index (χ0v) is 14.9. The summed E-state index contributed by atoms with van der Waals surface area (Å²) in [5, 5.41) is 5.15. The number of carbonyl (C=O) groups excluding carboxylic acids is 3. The van der Waals surface area contributed by atoms with Crippen molar-refractivity contribution in [2.75, 3.05) is 13.2 Å². The molecule has 1 aromatic carbocycles. The van der Waals surface area contributed by atoms with Crippen LogP contribution in [0.2, 0.25) is 0 Å². The molecule has 3 aliphatic rings. The van der Waals surface area contributed by atoms with Crippen molar-refractivity contribution in [3.63, 3.8) is 0 Å². The Morgan fingerprint density at radius 1 is 1.15 bits per heavy atom. The van der Waals surface area contributed by atoms with Crippen molar-refractivity contribution in [3.8, 4) is 5.75 Å². The fourth-order valence-corrected chi connectivity index (χ4v) is 4.12. The number of benzene rings is 1. The molecule has 1 aromatic rings. The Morgan fingerprint density at radius 2 is 1.78 bits per heavy atom. The molecule has 7 nitrogen and oxygen atoms in total. The maximum Gasteiger partial charge on any atom is 0.344 e. The molecule has 1 aliphatic heterocycles. The van der Waals surface area contributed by atoms with E-state index < -0.39 is 5.97 Å². The topological polar surface area (TPSA) is 85.3 Å². The number of nitrogens with zero attached hydrogens (tertiary/aromatic N) is 2. The van der Waals surface area contributed by atoms with Crippen LogP contribution >= 0.6 is 0 Å². The summed E-state index contributed by atoms with van der Waals surface area (Å²) in [7, 11) is 0. The van der Waals surface area contributed by atoms with Crippen LogP contribution < -0.4 is 4.74 Å². The van der Waals surface area contributed by atoms with Crippen molar-refractivity contribution in [1.82, 2.24) is 5.01 Å². The normalized spacial score (nSPS) is 28.3. The van der Waals surface area contributed by atoms with Crippen LogP contribution in [-0.4, -0.2) is 42.2 Å². The van der Waals surface area contributed by atoms with Crippen LogP contribution in [0.5, 0.6) is 5.75 Å². The summed E-state index contributed by atoms with van der Waals surface area (Å²) in [4.78, 5) is 36.4. The summed E-state index contributed by atoms with van der Waals surface area (Å²) in [6.07, 6.45) is 6.50. The maximum absolute atomic E-state index is 12.6. The quantitative estimate of drug-likeness (QED) is 0.331. The van der Waals surface area contributed by atoms with Gasteiger partial charge in [-0.15, -0.1) is 0 Å². The van der Waals surface area contributed by atoms with Crippen LogP contribution in [0.4, 0.5) is 0 Å². The van der Waals surface area contributed by atoms with E-state index >= 15 is 0 Å². The van der Waals surface area contributed by atoms with E-state index in [1.807, 2.05) is 0 Å². The molecule has 1 heterocycles. The van der Waals surface area contributed by atoms with Crippen LogP contribution in [-0.2, 0) is 19.1 Å². The Morgan fingerprint density at radius 3 is 2.37 bits per heavy atom. The third kappa shape index (κ3) is 3.13. The molecule has 2 aliphatic carbocycles. The summed E-state index contributed by atoms with van der Waals surface area (Å²) in [5.41, 5.74) is 0.720. The van der Waals surface area contributed by atoms with Crippen LogP contribution in [0.1, 0.15) is 18.9 Å². The molecule has 2 amide bonds. The second-order valence-corrected chi connectivity index (χ2v) is 6.90. The number of hydrazone groups is 1. The monoisotopic (exact) mass is 368 g/mol. The first kappa shape index (κ1) is 17.5. The number of carbonyl (C=O) groups is 3. The van der Waals surface area contributed by atoms with Crippen molar-refractivity contribution < 1.29 is 23.9 Å². The van der Waals surface area contributed by atoms with Gasteiger partial charge in [0, 0.05) is 0 Å². The molecular weight excluding hydrogens is 348 g/mol. The van der Waals surface area contributed by atoms with Crippen molar-refractivity contribution >= 4 is 24.0 Å². The highest BCUT2D eigenvalue weighted by atomic mass is 16.6. The highest BCUT2D eigenvalue weighted by molar-refractivity contribution is 6.06. The van der Waals surface area contributed by atoms with Gasteiger partial charge in [0.05, 0.1) is 24.7 Å². The Bertz CT molecular complexity index is 799. The highest BCUT2D eigenvalue weighted by Crippen LogP contribution is 2.52. The molecule has 1 saturated heterocycles. The molecule has 2 bridgehead atoms. The number of ether oxygens (including phenoxy) is 2. The third-order valence-corrected chi connectivity index (χ3v) is 5.31. The van der Waals surface area contributed by atoms with Gasteiger partial charge in [-0.25, -0.2) is 4.79 Å². The zero-order chi connectivity index (χ0) is 19.0. The van der Waals surface area contributed by atoms with E-state index in [0.29, 0.717) is 12.4 Å². The minimum absolute atomic E-state index is 0.156. The SMILES string of the molecule is CCOC(=O)COc1ccc(/C=N\N2C(=O)[C@@H]3[C@@H](C2=O)[C@@H]2C=C[C@@H]3C2)cc1. The lowest BCUT2D eigenvalue weighted by atomic mass is 9.85. The molecule has 7 heteroatoms. The Hall–Kier alpha value is -2.96. The van der Waals surface area contributed by atoms with Gasteiger partial charge in [-0.2, -0.15) is 10.1 Å². The largest absolute Gasteiger partial charge is 0.482 e. The summed E-state index contributed by atoms with van der Waals surface area (Å²) in [6, 6.07) is 6.85. The first-order valence-electron chi connectivity index (χ1n) is 9.07. The molecule has 2 fully saturated rings. The van der Waals surface area contributed by atoms with Crippen LogP contribution in [0.3, 0.4) is 0 Å². The molecular formula is C20H20N2O5. The molecule has 4 atom stereocenters. The molecule has 140 valence electrons. The van der Waals surface area contributed by atoms with Crippen LogP contribution in [0.25, 0.3) is 0 Å². The summed E-state index contributed by atoms with van der Waals surface area (Å²) >= 11 is 0. The van der Waals surface area contributed by atoms with E-state index in [9.17, 15) is 14.4 Å². The van der Waals surface area contributed by atoms with Gasteiger partial charge in [-0.1, -0.05) is 12.2 Å². The molecule has 0 aromatic heterocycles. The number of allylic oxidation sites excluding steroid dienone is 2. The van der Waals surface area contributed by atoms with Gasteiger partial charge in [0.2, 0.25) is 0 Å². The van der Waals surface area contributed by atoms with E-state index in [1.165, 1.54) is 6.21 Å². The second-order valence-electron chi connectivity index (χ2n) is 6.90. The van der Waals surface area contributed by atoms with Gasteiger partial charge >= 0.3 is 5.97 Å². The van der Waals surface area contributed by atoms with E-state index in [4.69, 9.17) is 9.47 Å². The Balaban J connectivity index is 1.38. The van der Waals surface area contributed by atoms with Crippen molar-refractivity contribution in [1.29, 1.82) is 0 Å². The molecule has 1 saturated carbocycles. The number of hydrogen-bond donors (Lipinski definition) is 0. The predicted molar refractivity (Wildman–Crippen MR) is 95.7 cm³/mol. The smallest absolute Gasteiger partial charge is 0.344 e.